The van der Waals surface area contributed by atoms with Crippen LogP contribution in [0.25, 0.3) is 11.3 Å². The predicted molar refractivity (Wildman–Crippen MR) is 84.6 cm³/mol. The minimum atomic E-state index is 0.142. The smallest absolute Gasteiger partial charge is 0.220 e. The second-order valence-electron chi connectivity index (χ2n) is 5.25. The van der Waals surface area contributed by atoms with Crippen molar-refractivity contribution in [2.45, 2.75) is 45.6 Å². The Bertz CT molecular complexity index is 532. The third kappa shape index (κ3) is 5.06. The maximum absolute atomic E-state index is 11.7. The van der Waals surface area contributed by atoms with E-state index in [0.717, 1.165) is 29.7 Å². The Morgan fingerprint density at radius 2 is 1.95 bits per heavy atom. The van der Waals surface area contributed by atoms with Crippen LogP contribution >= 0.6 is 0 Å². The van der Waals surface area contributed by atoms with Gasteiger partial charge in [-0.3, -0.25) is 9.89 Å². The summed E-state index contributed by atoms with van der Waals surface area (Å²) >= 11 is 0. The molecule has 1 amide bonds. The lowest BCUT2D eigenvalue weighted by Crippen LogP contribution is -2.22. The van der Waals surface area contributed by atoms with Gasteiger partial charge in [-0.15, -0.1) is 0 Å². The van der Waals surface area contributed by atoms with E-state index in [4.69, 9.17) is 0 Å². The lowest BCUT2D eigenvalue weighted by Gasteiger charge is -2.06. The molecular formula is C17H23N3O. The number of hydrogen-bond donors (Lipinski definition) is 2. The fourth-order valence-electron chi connectivity index (χ4n) is 2.22. The van der Waals surface area contributed by atoms with Crippen molar-refractivity contribution < 1.29 is 4.79 Å². The van der Waals surface area contributed by atoms with Gasteiger partial charge in [-0.05, 0) is 23.6 Å². The van der Waals surface area contributed by atoms with Crippen LogP contribution in [-0.2, 0) is 11.3 Å². The second-order valence-corrected chi connectivity index (χ2v) is 5.25. The summed E-state index contributed by atoms with van der Waals surface area (Å²) in [4.78, 5) is 11.7. The molecule has 0 unspecified atom stereocenters. The number of amides is 1. The molecule has 0 bridgehead atoms. The van der Waals surface area contributed by atoms with Gasteiger partial charge in [0, 0.05) is 19.2 Å². The topological polar surface area (TPSA) is 57.8 Å². The molecule has 0 spiro atoms. The Labute approximate surface area is 126 Å². The first-order valence-corrected chi connectivity index (χ1v) is 7.65. The lowest BCUT2D eigenvalue weighted by atomic mass is 10.1. The molecule has 4 nitrogen and oxygen atoms in total. The summed E-state index contributed by atoms with van der Waals surface area (Å²) in [6, 6.07) is 10.1. The molecule has 2 N–H and O–H groups in total. The molecule has 0 aliphatic heterocycles. The molecular weight excluding hydrogens is 262 g/mol. The maximum Gasteiger partial charge on any atom is 0.220 e. The number of aromatic amines is 1. The highest BCUT2D eigenvalue weighted by molar-refractivity contribution is 5.75. The predicted octanol–water partition coefficient (Wildman–Crippen LogP) is 3.66. The van der Waals surface area contributed by atoms with Crippen molar-refractivity contribution >= 4 is 5.91 Å². The van der Waals surface area contributed by atoms with Gasteiger partial charge in [0.25, 0.3) is 0 Å². The van der Waals surface area contributed by atoms with Crippen LogP contribution in [0, 0.1) is 0 Å². The summed E-state index contributed by atoms with van der Waals surface area (Å²) in [7, 11) is 0. The van der Waals surface area contributed by atoms with E-state index in [9.17, 15) is 4.79 Å². The normalized spacial score (nSPS) is 10.5. The van der Waals surface area contributed by atoms with Gasteiger partial charge in [0.15, 0.2) is 0 Å². The number of nitrogens with zero attached hydrogens (tertiary/aromatic N) is 1. The Hall–Kier alpha value is -2.10. The lowest BCUT2D eigenvalue weighted by molar-refractivity contribution is -0.121. The molecule has 0 aliphatic carbocycles. The summed E-state index contributed by atoms with van der Waals surface area (Å²) < 4.78 is 0. The summed E-state index contributed by atoms with van der Waals surface area (Å²) in [6.45, 7) is 2.77. The third-order valence-electron chi connectivity index (χ3n) is 3.51. The molecule has 1 aromatic carbocycles. The standard InChI is InChI=1S/C17H23N3O/c1-2-3-4-5-6-17(21)18-13-14-7-9-15(10-8-14)16-11-12-19-20-16/h7-12H,2-6,13H2,1H3,(H,18,21)(H,19,20). The monoisotopic (exact) mass is 285 g/mol. The Balaban J connectivity index is 1.75. The van der Waals surface area contributed by atoms with Crippen molar-refractivity contribution in [3.63, 3.8) is 0 Å². The highest BCUT2D eigenvalue weighted by atomic mass is 16.1. The molecule has 2 aromatic rings. The van der Waals surface area contributed by atoms with Gasteiger partial charge in [0.2, 0.25) is 5.91 Å². The van der Waals surface area contributed by atoms with Crippen molar-refractivity contribution in [3.05, 3.63) is 42.1 Å². The number of carbonyl (C=O) groups is 1. The number of aromatic nitrogens is 2. The number of rotatable bonds is 8. The number of H-pyrrole nitrogens is 1. The van der Waals surface area contributed by atoms with Gasteiger partial charge in [-0.25, -0.2) is 0 Å². The van der Waals surface area contributed by atoms with Crippen LogP contribution in [0.2, 0.25) is 0 Å². The van der Waals surface area contributed by atoms with Crippen LogP contribution < -0.4 is 5.32 Å². The van der Waals surface area contributed by atoms with Gasteiger partial charge >= 0.3 is 0 Å². The van der Waals surface area contributed by atoms with Crippen LogP contribution in [0.1, 0.15) is 44.6 Å². The highest BCUT2D eigenvalue weighted by Gasteiger charge is 2.02. The van der Waals surface area contributed by atoms with Crippen molar-refractivity contribution in [2.75, 3.05) is 0 Å². The minimum Gasteiger partial charge on any atom is -0.352 e. The molecule has 0 radical (unpaired) electrons. The summed E-state index contributed by atoms with van der Waals surface area (Å²) in [6.07, 6.45) is 6.90. The fourth-order valence-corrected chi connectivity index (χ4v) is 2.22. The summed E-state index contributed by atoms with van der Waals surface area (Å²) in [5, 5.41) is 9.85. The number of hydrogen-bond acceptors (Lipinski definition) is 2. The Morgan fingerprint density at radius 3 is 2.62 bits per heavy atom. The van der Waals surface area contributed by atoms with Gasteiger partial charge in [-0.1, -0.05) is 50.5 Å². The van der Waals surface area contributed by atoms with Gasteiger partial charge < -0.3 is 5.32 Å². The molecule has 4 heteroatoms. The quantitative estimate of drug-likeness (QED) is 0.727. The molecule has 1 heterocycles. The molecule has 0 saturated heterocycles. The van der Waals surface area contributed by atoms with E-state index in [1.165, 1.54) is 12.8 Å². The van der Waals surface area contributed by atoms with Crippen molar-refractivity contribution in [1.29, 1.82) is 0 Å². The first-order valence-electron chi connectivity index (χ1n) is 7.65. The molecule has 0 saturated carbocycles. The molecule has 112 valence electrons. The third-order valence-corrected chi connectivity index (χ3v) is 3.51. The largest absolute Gasteiger partial charge is 0.352 e. The van der Waals surface area contributed by atoms with E-state index in [2.05, 4.69) is 22.4 Å². The van der Waals surface area contributed by atoms with E-state index in [-0.39, 0.29) is 5.91 Å². The van der Waals surface area contributed by atoms with Crippen molar-refractivity contribution in [2.24, 2.45) is 0 Å². The highest BCUT2D eigenvalue weighted by Crippen LogP contribution is 2.16. The molecule has 0 aliphatic rings. The second kappa shape index (κ2) is 8.25. The number of benzene rings is 1. The van der Waals surface area contributed by atoms with Crippen LogP contribution in [0.3, 0.4) is 0 Å². The van der Waals surface area contributed by atoms with Crippen molar-refractivity contribution in [3.8, 4) is 11.3 Å². The van der Waals surface area contributed by atoms with Gasteiger partial charge in [-0.2, -0.15) is 5.10 Å². The van der Waals surface area contributed by atoms with E-state index in [0.29, 0.717) is 13.0 Å². The SMILES string of the molecule is CCCCCCC(=O)NCc1ccc(-c2ccn[nH]2)cc1. The van der Waals surface area contributed by atoms with E-state index >= 15 is 0 Å². The summed E-state index contributed by atoms with van der Waals surface area (Å²) in [5.74, 6) is 0.142. The molecule has 21 heavy (non-hydrogen) atoms. The minimum absolute atomic E-state index is 0.142. The van der Waals surface area contributed by atoms with E-state index in [1.54, 1.807) is 6.20 Å². The van der Waals surface area contributed by atoms with Crippen molar-refractivity contribution in [1.82, 2.24) is 15.5 Å². The molecule has 0 atom stereocenters. The zero-order valence-electron chi connectivity index (χ0n) is 12.6. The number of carbonyl (C=O) groups excluding carboxylic acids is 1. The molecule has 0 fully saturated rings. The number of nitrogens with one attached hydrogen (secondary N) is 2. The maximum atomic E-state index is 11.7. The summed E-state index contributed by atoms with van der Waals surface area (Å²) in [5.41, 5.74) is 3.21. The Kier molecular flexibility index (Phi) is 6.00. The fraction of sp³-hybridized carbons (Fsp3) is 0.412. The van der Waals surface area contributed by atoms with E-state index in [1.807, 2.05) is 30.3 Å². The zero-order chi connectivity index (χ0) is 14.9. The van der Waals surface area contributed by atoms with Crippen LogP contribution in [0.5, 0.6) is 0 Å². The number of unbranched alkanes of at least 4 members (excludes halogenated alkanes) is 3. The molecule has 1 aromatic heterocycles. The van der Waals surface area contributed by atoms with Gasteiger partial charge in [0.05, 0.1) is 5.69 Å². The first-order chi connectivity index (χ1) is 10.3. The van der Waals surface area contributed by atoms with Gasteiger partial charge in [0.1, 0.15) is 0 Å². The van der Waals surface area contributed by atoms with E-state index < -0.39 is 0 Å². The average molecular weight is 285 g/mol. The zero-order valence-corrected chi connectivity index (χ0v) is 12.6. The molecule has 2 rings (SSSR count). The average Bonchev–Trinajstić information content (AvgIpc) is 3.04. The van der Waals surface area contributed by atoms with Crippen LogP contribution in [0.15, 0.2) is 36.5 Å². The Morgan fingerprint density at radius 1 is 1.14 bits per heavy atom. The first kappa shape index (κ1) is 15.3. The van der Waals surface area contributed by atoms with Crippen LogP contribution in [0.4, 0.5) is 0 Å². The van der Waals surface area contributed by atoms with Crippen LogP contribution in [-0.4, -0.2) is 16.1 Å².